The Morgan fingerprint density at radius 2 is 0.894 bits per heavy atom. The highest BCUT2D eigenvalue weighted by Crippen LogP contribution is 2.14. The monoisotopic (exact) mass is 661 g/mol. The molecule has 2 N–H and O–H groups in total. The Kier molecular flexibility index (Phi) is 35.0. The summed E-state index contributed by atoms with van der Waals surface area (Å²) >= 11 is 0. The first-order valence-electron chi connectivity index (χ1n) is 19.3. The topological polar surface area (TPSA) is 93.1 Å². The molecule has 0 aliphatic heterocycles. The number of ether oxygens (including phenoxy) is 2. The maximum atomic E-state index is 11.9. The second-order valence-corrected chi connectivity index (χ2v) is 12.9. The van der Waals surface area contributed by atoms with E-state index in [0.717, 1.165) is 64.2 Å². The predicted octanol–water partition coefficient (Wildman–Crippen LogP) is 10.8. The Morgan fingerprint density at radius 1 is 0.489 bits per heavy atom. The van der Waals surface area contributed by atoms with Gasteiger partial charge in [-0.05, 0) is 51.4 Å². The van der Waals surface area contributed by atoms with Crippen molar-refractivity contribution < 1.29 is 29.3 Å². The summed E-state index contributed by atoms with van der Waals surface area (Å²) in [5.74, 6) is -0.647. The molecular formula is C41H72O6. The molecule has 47 heavy (non-hydrogen) atoms. The number of carbonyl (C=O) groups is 2. The van der Waals surface area contributed by atoms with E-state index in [1.165, 1.54) is 77.0 Å². The number of hydrogen-bond donors (Lipinski definition) is 2. The summed E-state index contributed by atoms with van der Waals surface area (Å²) in [7, 11) is 0. The lowest BCUT2D eigenvalue weighted by atomic mass is 10.0. The maximum absolute atomic E-state index is 11.9. The summed E-state index contributed by atoms with van der Waals surface area (Å²) in [6, 6.07) is 0. The van der Waals surface area contributed by atoms with Gasteiger partial charge in [0.1, 0.15) is 19.3 Å². The smallest absolute Gasteiger partial charge is 0.305 e. The number of carbonyl (C=O) groups excluding carboxylic acids is 2. The minimum atomic E-state index is -0.994. The van der Waals surface area contributed by atoms with E-state index in [1.54, 1.807) is 0 Å². The molecule has 0 radical (unpaired) electrons. The van der Waals surface area contributed by atoms with Gasteiger partial charge in [0.25, 0.3) is 0 Å². The fourth-order valence-corrected chi connectivity index (χ4v) is 5.21. The summed E-state index contributed by atoms with van der Waals surface area (Å²) < 4.78 is 10.3. The van der Waals surface area contributed by atoms with Crippen LogP contribution in [0.2, 0.25) is 0 Å². The van der Waals surface area contributed by atoms with Gasteiger partial charge in [-0.15, -0.1) is 0 Å². The maximum Gasteiger partial charge on any atom is 0.305 e. The lowest BCUT2D eigenvalue weighted by Gasteiger charge is -2.12. The van der Waals surface area contributed by atoms with Crippen molar-refractivity contribution in [2.45, 2.75) is 187 Å². The lowest BCUT2D eigenvalue weighted by Crippen LogP contribution is -2.25. The molecule has 0 bridgehead atoms. The number of aliphatic hydroxyl groups excluding tert-OH is 2. The molecule has 0 aliphatic rings. The van der Waals surface area contributed by atoms with Crippen molar-refractivity contribution in [3.63, 3.8) is 0 Å². The lowest BCUT2D eigenvalue weighted by molar-refractivity contribution is -0.152. The summed E-state index contributed by atoms with van der Waals surface area (Å²) in [6.07, 6.45) is 42.3. The van der Waals surface area contributed by atoms with Gasteiger partial charge >= 0.3 is 11.9 Å². The second-order valence-electron chi connectivity index (χ2n) is 12.9. The molecule has 1 unspecified atom stereocenters. The zero-order chi connectivity index (χ0) is 34.5. The third-order valence-electron chi connectivity index (χ3n) is 8.12. The van der Waals surface area contributed by atoms with Crippen molar-refractivity contribution in [2.75, 3.05) is 13.2 Å². The number of aliphatic hydroxyl groups is 2. The molecule has 0 saturated carbocycles. The van der Waals surface area contributed by atoms with Crippen molar-refractivity contribution in [3.05, 3.63) is 48.6 Å². The first kappa shape index (κ1) is 44.8. The first-order valence-corrected chi connectivity index (χ1v) is 19.3. The van der Waals surface area contributed by atoms with E-state index in [0.29, 0.717) is 19.3 Å². The van der Waals surface area contributed by atoms with Crippen molar-refractivity contribution in [1.82, 2.24) is 0 Å². The Bertz CT molecular complexity index is 815. The molecule has 0 rings (SSSR count). The number of allylic oxidation sites excluding steroid dienone is 7. The highest BCUT2D eigenvalue weighted by molar-refractivity contribution is 5.69. The molecule has 272 valence electrons. The van der Waals surface area contributed by atoms with Crippen LogP contribution in [0, 0.1) is 0 Å². The fraction of sp³-hybridized carbons (Fsp3) is 0.756. The largest absolute Gasteiger partial charge is 0.463 e. The number of hydrogen-bond acceptors (Lipinski definition) is 6. The third-order valence-corrected chi connectivity index (χ3v) is 8.12. The van der Waals surface area contributed by atoms with Crippen LogP contribution in [0.15, 0.2) is 48.6 Å². The van der Waals surface area contributed by atoms with E-state index in [4.69, 9.17) is 9.47 Å². The number of rotatable bonds is 34. The van der Waals surface area contributed by atoms with Crippen LogP contribution in [0.4, 0.5) is 0 Å². The van der Waals surface area contributed by atoms with Crippen molar-refractivity contribution in [2.24, 2.45) is 0 Å². The van der Waals surface area contributed by atoms with Gasteiger partial charge in [0.15, 0.2) is 0 Å². The Morgan fingerprint density at radius 3 is 1.36 bits per heavy atom. The van der Waals surface area contributed by atoms with Gasteiger partial charge in [-0.2, -0.15) is 0 Å². The SMILES string of the molecule is CCCCCCCCCCCCCCCCCC(=O)OC[C@@H](O)COC(=O)CCC/C=C\C/C=C\C/C=C\C/C=C\CC(O)CCC. The van der Waals surface area contributed by atoms with Crippen LogP contribution < -0.4 is 0 Å². The van der Waals surface area contributed by atoms with Gasteiger partial charge in [-0.3, -0.25) is 9.59 Å². The second kappa shape index (κ2) is 36.7. The van der Waals surface area contributed by atoms with Crippen molar-refractivity contribution in [1.29, 1.82) is 0 Å². The normalized spacial score (nSPS) is 13.4. The van der Waals surface area contributed by atoms with Gasteiger partial charge in [-0.25, -0.2) is 0 Å². The van der Waals surface area contributed by atoms with Gasteiger partial charge in [0.05, 0.1) is 6.10 Å². The van der Waals surface area contributed by atoms with Crippen LogP contribution in [0.5, 0.6) is 0 Å². The average Bonchev–Trinajstić information content (AvgIpc) is 3.06. The van der Waals surface area contributed by atoms with Gasteiger partial charge in [0.2, 0.25) is 0 Å². The van der Waals surface area contributed by atoms with Crippen molar-refractivity contribution >= 4 is 11.9 Å². The average molecular weight is 661 g/mol. The molecule has 0 heterocycles. The van der Waals surface area contributed by atoms with E-state index >= 15 is 0 Å². The number of unbranched alkanes of at least 4 members (excludes halogenated alkanes) is 15. The van der Waals surface area contributed by atoms with Crippen LogP contribution >= 0.6 is 0 Å². The molecular weight excluding hydrogens is 588 g/mol. The minimum absolute atomic E-state index is 0.141. The quantitative estimate of drug-likeness (QED) is 0.0405. The summed E-state index contributed by atoms with van der Waals surface area (Å²) in [5.41, 5.74) is 0. The summed E-state index contributed by atoms with van der Waals surface area (Å²) in [4.78, 5) is 23.9. The highest BCUT2D eigenvalue weighted by atomic mass is 16.6. The van der Waals surface area contributed by atoms with Crippen molar-refractivity contribution in [3.8, 4) is 0 Å². The third kappa shape index (κ3) is 36.5. The summed E-state index contributed by atoms with van der Waals surface area (Å²) in [6.45, 7) is 4.05. The van der Waals surface area contributed by atoms with E-state index < -0.39 is 6.10 Å². The summed E-state index contributed by atoms with van der Waals surface area (Å²) in [5, 5.41) is 19.7. The standard InChI is InChI=1S/C41H72O6/c1-3-5-6-7-8-9-10-11-12-15-18-21-24-27-30-34-40(44)46-36-39(43)37-47-41(45)35-31-28-25-22-19-16-13-14-17-20-23-26-29-33-38(42)32-4-2/h13,16-17,20,22,25-26,29,38-39,42-43H,3-12,14-15,18-19,21,23-24,27-28,30-37H2,1-2H3/b16-13-,20-17-,25-22-,29-26-/t38?,39-/m1/s1. The predicted molar refractivity (Wildman–Crippen MR) is 197 cm³/mol. The van der Waals surface area contributed by atoms with E-state index in [1.807, 2.05) is 0 Å². The van der Waals surface area contributed by atoms with Crippen LogP contribution in [0.3, 0.4) is 0 Å². The molecule has 6 nitrogen and oxygen atoms in total. The van der Waals surface area contributed by atoms with Gasteiger partial charge < -0.3 is 19.7 Å². The van der Waals surface area contributed by atoms with E-state index in [-0.39, 0.29) is 31.3 Å². The highest BCUT2D eigenvalue weighted by Gasteiger charge is 2.12. The molecule has 0 fully saturated rings. The molecule has 0 spiro atoms. The minimum Gasteiger partial charge on any atom is -0.463 e. The van der Waals surface area contributed by atoms with E-state index in [2.05, 4.69) is 62.5 Å². The molecule has 0 amide bonds. The van der Waals surface area contributed by atoms with Crippen LogP contribution in [-0.2, 0) is 19.1 Å². The molecule has 0 aromatic heterocycles. The molecule has 0 aromatic carbocycles. The van der Waals surface area contributed by atoms with Crippen LogP contribution in [-0.4, -0.2) is 47.6 Å². The molecule has 0 saturated heterocycles. The Labute approximate surface area is 289 Å². The fourth-order valence-electron chi connectivity index (χ4n) is 5.21. The van der Waals surface area contributed by atoms with E-state index in [9.17, 15) is 19.8 Å². The Balaban J connectivity index is 3.56. The van der Waals surface area contributed by atoms with Crippen LogP contribution in [0.25, 0.3) is 0 Å². The zero-order valence-corrected chi connectivity index (χ0v) is 30.4. The first-order chi connectivity index (χ1) is 23.0. The zero-order valence-electron chi connectivity index (χ0n) is 30.4. The molecule has 0 aliphatic carbocycles. The van der Waals surface area contributed by atoms with Gasteiger partial charge in [0, 0.05) is 12.8 Å². The molecule has 0 aromatic rings. The Hall–Kier alpha value is -2.18. The molecule has 2 atom stereocenters. The number of esters is 2. The van der Waals surface area contributed by atoms with Crippen LogP contribution in [0.1, 0.15) is 174 Å². The van der Waals surface area contributed by atoms with Gasteiger partial charge in [-0.1, -0.05) is 159 Å². The molecule has 6 heteroatoms.